The highest BCUT2D eigenvalue weighted by atomic mass is 16.4. The molecular weight excluding hydrogens is 194 g/mol. The van der Waals surface area contributed by atoms with Crippen LogP contribution >= 0.6 is 0 Å². The molecule has 0 aromatic heterocycles. The number of aliphatic carboxylic acids is 1. The molecule has 0 aromatic carbocycles. The topological polar surface area (TPSA) is 66.4 Å². The van der Waals surface area contributed by atoms with Crippen LogP contribution in [0.2, 0.25) is 0 Å². The maximum Gasteiger partial charge on any atom is 0.307 e. The van der Waals surface area contributed by atoms with Gasteiger partial charge in [0.15, 0.2) is 0 Å². The fourth-order valence-electron chi connectivity index (χ4n) is 2.39. The number of carboxylic acids is 1. The van der Waals surface area contributed by atoms with Gasteiger partial charge in [-0.05, 0) is 31.6 Å². The predicted octanol–water partition coefficient (Wildman–Crippen LogP) is 1.01. The maximum absolute atomic E-state index is 11.8. The van der Waals surface area contributed by atoms with Crippen molar-refractivity contribution in [1.29, 1.82) is 0 Å². The lowest BCUT2D eigenvalue weighted by atomic mass is 9.95. The van der Waals surface area contributed by atoms with Crippen molar-refractivity contribution in [3.8, 4) is 0 Å². The Kier molecular flexibility index (Phi) is 2.67. The van der Waals surface area contributed by atoms with Gasteiger partial charge in [-0.25, -0.2) is 0 Å². The Morgan fingerprint density at radius 2 is 1.80 bits per heavy atom. The number of carbonyl (C=O) groups is 2. The first-order chi connectivity index (χ1) is 7.08. The maximum atomic E-state index is 11.8. The van der Waals surface area contributed by atoms with Gasteiger partial charge in [0.1, 0.15) is 0 Å². The summed E-state index contributed by atoms with van der Waals surface area (Å²) in [5, 5.41) is 11.9. The second-order valence-corrected chi connectivity index (χ2v) is 4.91. The van der Waals surface area contributed by atoms with Crippen molar-refractivity contribution in [2.24, 2.45) is 17.8 Å². The summed E-state index contributed by atoms with van der Waals surface area (Å²) in [6, 6.07) is 0.322. The van der Waals surface area contributed by atoms with Crippen LogP contribution in [0.4, 0.5) is 0 Å². The Morgan fingerprint density at radius 1 is 1.20 bits per heavy atom. The number of carbonyl (C=O) groups excluding carboxylic acids is 1. The van der Waals surface area contributed by atoms with Gasteiger partial charge in [0.05, 0.1) is 11.8 Å². The number of carboxylic acid groups (broad SMARTS) is 1. The summed E-state index contributed by atoms with van der Waals surface area (Å²) in [5.74, 6) is -1.30. The molecule has 4 nitrogen and oxygen atoms in total. The molecule has 2 fully saturated rings. The summed E-state index contributed by atoms with van der Waals surface area (Å²) in [7, 11) is 0. The number of nitrogens with one attached hydrogen (secondary N) is 1. The molecule has 1 unspecified atom stereocenters. The monoisotopic (exact) mass is 211 g/mol. The van der Waals surface area contributed by atoms with E-state index in [0.717, 1.165) is 19.3 Å². The van der Waals surface area contributed by atoms with E-state index < -0.39 is 11.9 Å². The average Bonchev–Trinajstić information content (AvgIpc) is 2.86. The quantitative estimate of drug-likeness (QED) is 0.732. The van der Waals surface area contributed by atoms with Gasteiger partial charge in [-0.15, -0.1) is 0 Å². The summed E-state index contributed by atoms with van der Waals surface area (Å²) in [6.07, 6.45) is 3.45. The Labute approximate surface area is 89.0 Å². The number of hydrogen-bond acceptors (Lipinski definition) is 2. The Hall–Kier alpha value is -1.06. The van der Waals surface area contributed by atoms with Crippen LogP contribution < -0.4 is 5.32 Å². The van der Waals surface area contributed by atoms with Gasteiger partial charge < -0.3 is 10.4 Å². The molecular formula is C11H17NO3. The van der Waals surface area contributed by atoms with Gasteiger partial charge in [0, 0.05) is 6.04 Å². The van der Waals surface area contributed by atoms with Crippen LogP contribution in [0.5, 0.6) is 0 Å². The summed E-state index contributed by atoms with van der Waals surface area (Å²) in [4.78, 5) is 22.8. The van der Waals surface area contributed by atoms with E-state index in [1.54, 1.807) is 0 Å². The van der Waals surface area contributed by atoms with Gasteiger partial charge in [0.2, 0.25) is 5.91 Å². The minimum atomic E-state index is -0.824. The lowest BCUT2D eigenvalue weighted by Gasteiger charge is -2.14. The van der Waals surface area contributed by atoms with Crippen LogP contribution in [0.1, 0.15) is 32.6 Å². The van der Waals surface area contributed by atoms with E-state index in [0.29, 0.717) is 18.4 Å². The number of hydrogen-bond donors (Lipinski definition) is 2. The zero-order chi connectivity index (χ0) is 11.0. The Bertz CT molecular complexity index is 286. The molecule has 84 valence electrons. The molecule has 3 atom stereocenters. The Balaban J connectivity index is 1.98. The zero-order valence-corrected chi connectivity index (χ0v) is 8.90. The second kappa shape index (κ2) is 3.83. The zero-order valence-electron chi connectivity index (χ0n) is 8.90. The van der Waals surface area contributed by atoms with Crippen LogP contribution in [-0.2, 0) is 9.59 Å². The van der Waals surface area contributed by atoms with E-state index in [1.807, 2.05) is 6.92 Å². The lowest BCUT2D eigenvalue weighted by Crippen LogP contribution is -2.36. The van der Waals surface area contributed by atoms with Crippen LogP contribution in [0, 0.1) is 17.8 Å². The van der Waals surface area contributed by atoms with Crippen molar-refractivity contribution in [3.05, 3.63) is 0 Å². The van der Waals surface area contributed by atoms with Gasteiger partial charge in [-0.1, -0.05) is 6.92 Å². The SMILES string of the molecule is CC1C[C@H](C(=O)NC2CC2)[C@H](C(=O)O)C1. The molecule has 2 N–H and O–H groups in total. The van der Waals surface area contributed by atoms with Crippen molar-refractivity contribution in [1.82, 2.24) is 5.32 Å². The molecule has 0 aromatic rings. The second-order valence-electron chi connectivity index (χ2n) is 4.91. The smallest absolute Gasteiger partial charge is 0.307 e. The summed E-state index contributed by atoms with van der Waals surface area (Å²) >= 11 is 0. The molecule has 0 radical (unpaired) electrons. The van der Waals surface area contributed by atoms with Crippen molar-refractivity contribution in [2.75, 3.05) is 0 Å². The van der Waals surface area contributed by atoms with Crippen LogP contribution in [0.25, 0.3) is 0 Å². The molecule has 0 aliphatic heterocycles. The van der Waals surface area contributed by atoms with Crippen molar-refractivity contribution in [2.45, 2.75) is 38.6 Å². The highest BCUT2D eigenvalue weighted by Crippen LogP contribution is 2.37. The minimum Gasteiger partial charge on any atom is -0.481 e. The van der Waals surface area contributed by atoms with E-state index in [-0.39, 0.29) is 11.8 Å². The van der Waals surface area contributed by atoms with E-state index in [9.17, 15) is 9.59 Å². The average molecular weight is 211 g/mol. The lowest BCUT2D eigenvalue weighted by molar-refractivity contribution is -0.146. The highest BCUT2D eigenvalue weighted by Gasteiger charge is 2.42. The van der Waals surface area contributed by atoms with E-state index in [4.69, 9.17) is 5.11 Å². The van der Waals surface area contributed by atoms with Crippen LogP contribution in [0.3, 0.4) is 0 Å². The van der Waals surface area contributed by atoms with Crippen molar-refractivity contribution in [3.63, 3.8) is 0 Å². The number of amides is 1. The minimum absolute atomic E-state index is 0.0470. The van der Waals surface area contributed by atoms with Crippen molar-refractivity contribution < 1.29 is 14.7 Å². The summed E-state index contributed by atoms with van der Waals surface area (Å²) < 4.78 is 0. The van der Waals surface area contributed by atoms with Crippen LogP contribution in [-0.4, -0.2) is 23.0 Å². The van der Waals surface area contributed by atoms with Gasteiger partial charge in [-0.3, -0.25) is 9.59 Å². The molecule has 2 aliphatic rings. The van der Waals surface area contributed by atoms with E-state index in [2.05, 4.69) is 5.32 Å². The van der Waals surface area contributed by atoms with E-state index in [1.165, 1.54) is 0 Å². The van der Waals surface area contributed by atoms with Crippen LogP contribution in [0.15, 0.2) is 0 Å². The molecule has 0 saturated heterocycles. The molecule has 0 heterocycles. The first-order valence-corrected chi connectivity index (χ1v) is 5.61. The van der Waals surface area contributed by atoms with Crippen molar-refractivity contribution >= 4 is 11.9 Å². The predicted molar refractivity (Wildman–Crippen MR) is 54.2 cm³/mol. The molecule has 0 spiro atoms. The fourth-order valence-corrected chi connectivity index (χ4v) is 2.39. The molecule has 2 aliphatic carbocycles. The molecule has 4 heteroatoms. The van der Waals surface area contributed by atoms with E-state index >= 15 is 0 Å². The Morgan fingerprint density at radius 3 is 2.33 bits per heavy atom. The molecule has 15 heavy (non-hydrogen) atoms. The third kappa shape index (κ3) is 2.30. The standard InChI is InChI=1S/C11H17NO3/c1-6-4-8(9(5-6)11(14)15)10(13)12-7-2-3-7/h6-9H,2-5H2,1H3,(H,12,13)(H,14,15)/t6?,8-,9+/m0/s1. The van der Waals surface area contributed by atoms with Gasteiger partial charge in [0.25, 0.3) is 0 Å². The third-order valence-corrected chi connectivity index (χ3v) is 3.38. The van der Waals surface area contributed by atoms with Gasteiger partial charge in [-0.2, -0.15) is 0 Å². The largest absolute Gasteiger partial charge is 0.481 e. The highest BCUT2D eigenvalue weighted by molar-refractivity contribution is 5.85. The number of rotatable bonds is 3. The third-order valence-electron chi connectivity index (χ3n) is 3.38. The first-order valence-electron chi connectivity index (χ1n) is 5.61. The molecule has 2 rings (SSSR count). The molecule has 2 saturated carbocycles. The van der Waals surface area contributed by atoms with Gasteiger partial charge >= 0.3 is 5.97 Å². The molecule has 0 bridgehead atoms. The normalized spacial score (nSPS) is 35.1. The molecule has 1 amide bonds. The summed E-state index contributed by atoms with van der Waals surface area (Å²) in [6.45, 7) is 2.01. The fraction of sp³-hybridized carbons (Fsp3) is 0.818. The summed E-state index contributed by atoms with van der Waals surface area (Å²) in [5.41, 5.74) is 0. The first kappa shape index (κ1) is 10.5.